The molecule has 0 aliphatic carbocycles. The summed E-state index contributed by atoms with van der Waals surface area (Å²) in [5, 5.41) is 9.23. The second kappa shape index (κ2) is 5.28. The molecule has 0 aliphatic rings. The van der Waals surface area contributed by atoms with Crippen LogP contribution in [0.3, 0.4) is 0 Å². The summed E-state index contributed by atoms with van der Waals surface area (Å²) < 4.78 is 12.5. The number of hydrogen-bond donors (Lipinski definition) is 1. The summed E-state index contributed by atoms with van der Waals surface area (Å²) in [6, 6.07) is 5.48. The molecule has 0 bridgehead atoms. The van der Waals surface area contributed by atoms with Gasteiger partial charge in [0.05, 0.1) is 31.0 Å². The first-order chi connectivity index (χ1) is 9.51. The molecule has 0 aliphatic heterocycles. The topological polar surface area (TPSA) is 60.7 Å². The highest BCUT2D eigenvalue weighted by Gasteiger charge is 2.22. The van der Waals surface area contributed by atoms with Crippen molar-refractivity contribution in [1.29, 1.82) is 0 Å². The normalized spacial score (nSPS) is 10.4. The maximum atomic E-state index is 11.3. The van der Waals surface area contributed by atoms with Crippen molar-refractivity contribution in [3.63, 3.8) is 0 Å². The number of carbonyl (C=O) groups is 1. The minimum Gasteiger partial charge on any atom is -0.496 e. The summed E-state index contributed by atoms with van der Waals surface area (Å²) in [6.45, 7) is 1.78. The fraction of sp³-hybridized carbons (Fsp3) is 0.267. The van der Waals surface area contributed by atoms with Crippen LogP contribution in [-0.4, -0.2) is 29.9 Å². The summed E-state index contributed by atoms with van der Waals surface area (Å²) in [6.07, 6.45) is 1.60. The van der Waals surface area contributed by atoms with Gasteiger partial charge in [-0.05, 0) is 24.6 Å². The van der Waals surface area contributed by atoms with Crippen LogP contribution in [0.1, 0.15) is 15.9 Å². The van der Waals surface area contributed by atoms with Crippen molar-refractivity contribution in [2.45, 2.75) is 6.92 Å². The van der Waals surface area contributed by atoms with Crippen molar-refractivity contribution >= 4 is 5.97 Å². The molecule has 20 heavy (non-hydrogen) atoms. The maximum Gasteiger partial charge on any atom is 0.337 e. The van der Waals surface area contributed by atoms with E-state index < -0.39 is 5.97 Å². The standard InChI is InChI=1S/C15H17NO4/c1-9-10(15(17)18)8-16(2)14(9)13-11(19-3)6-5-7-12(13)20-4/h5-8H,1-4H3,(H,17,18). The lowest BCUT2D eigenvalue weighted by molar-refractivity contribution is 0.0696. The molecule has 2 rings (SSSR count). The summed E-state index contributed by atoms with van der Waals surface area (Å²) in [5.41, 5.74) is 2.49. The SMILES string of the molecule is COc1cccc(OC)c1-c1c(C)c(C(=O)O)cn1C. The highest BCUT2D eigenvalue weighted by Crippen LogP contribution is 2.40. The average molecular weight is 275 g/mol. The molecular weight excluding hydrogens is 258 g/mol. The number of carboxylic acids is 1. The largest absolute Gasteiger partial charge is 0.496 e. The molecule has 2 aromatic rings. The zero-order chi connectivity index (χ0) is 14.9. The molecule has 1 aromatic carbocycles. The Morgan fingerprint density at radius 2 is 1.75 bits per heavy atom. The number of rotatable bonds is 4. The number of ether oxygens (including phenoxy) is 2. The minimum absolute atomic E-state index is 0.274. The second-order valence-corrected chi connectivity index (χ2v) is 4.47. The molecule has 0 unspecified atom stereocenters. The number of aryl methyl sites for hydroxylation is 1. The number of hydrogen-bond acceptors (Lipinski definition) is 3. The molecule has 0 amide bonds. The van der Waals surface area contributed by atoms with E-state index >= 15 is 0 Å². The number of aromatic nitrogens is 1. The van der Waals surface area contributed by atoms with Gasteiger partial charge in [-0.1, -0.05) is 6.07 Å². The molecule has 0 spiro atoms. The van der Waals surface area contributed by atoms with Crippen molar-refractivity contribution < 1.29 is 19.4 Å². The van der Waals surface area contributed by atoms with Gasteiger partial charge in [0.25, 0.3) is 0 Å². The molecule has 1 aromatic heterocycles. The zero-order valence-electron chi connectivity index (χ0n) is 11.9. The maximum absolute atomic E-state index is 11.3. The molecule has 0 saturated heterocycles. The van der Waals surface area contributed by atoms with Gasteiger partial charge >= 0.3 is 5.97 Å². The number of aromatic carboxylic acids is 1. The Morgan fingerprint density at radius 3 is 2.15 bits per heavy atom. The van der Waals surface area contributed by atoms with E-state index in [0.717, 1.165) is 11.3 Å². The number of nitrogens with zero attached hydrogens (tertiary/aromatic N) is 1. The highest BCUT2D eigenvalue weighted by atomic mass is 16.5. The lowest BCUT2D eigenvalue weighted by Gasteiger charge is -2.14. The Balaban J connectivity index is 2.78. The molecular formula is C15H17NO4. The summed E-state index contributed by atoms with van der Waals surface area (Å²) in [4.78, 5) is 11.3. The van der Waals surface area contributed by atoms with Crippen LogP contribution >= 0.6 is 0 Å². The van der Waals surface area contributed by atoms with E-state index in [2.05, 4.69) is 0 Å². The third-order valence-electron chi connectivity index (χ3n) is 3.33. The van der Waals surface area contributed by atoms with E-state index in [1.807, 2.05) is 18.2 Å². The van der Waals surface area contributed by atoms with E-state index in [4.69, 9.17) is 9.47 Å². The van der Waals surface area contributed by atoms with Crippen LogP contribution in [0.5, 0.6) is 11.5 Å². The monoisotopic (exact) mass is 275 g/mol. The lowest BCUT2D eigenvalue weighted by atomic mass is 10.0. The van der Waals surface area contributed by atoms with E-state index in [1.54, 1.807) is 39.0 Å². The molecule has 1 heterocycles. The van der Waals surface area contributed by atoms with Crippen molar-refractivity contribution in [2.24, 2.45) is 7.05 Å². The first-order valence-corrected chi connectivity index (χ1v) is 6.11. The van der Waals surface area contributed by atoms with Crippen molar-refractivity contribution in [2.75, 3.05) is 14.2 Å². The molecule has 0 saturated carbocycles. The minimum atomic E-state index is -0.946. The van der Waals surface area contributed by atoms with E-state index in [1.165, 1.54) is 0 Å². The van der Waals surface area contributed by atoms with Crippen molar-refractivity contribution in [3.05, 3.63) is 35.5 Å². The van der Waals surface area contributed by atoms with Crippen LogP contribution in [-0.2, 0) is 7.05 Å². The van der Waals surface area contributed by atoms with Crippen LogP contribution in [0.15, 0.2) is 24.4 Å². The third-order valence-corrected chi connectivity index (χ3v) is 3.33. The van der Waals surface area contributed by atoms with Gasteiger partial charge in [0.1, 0.15) is 11.5 Å². The van der Waals surface area contributed by atoms with Gasteiger partial charge < -0.3 is 19.1 Å². The fourth-order valence-electron chi connectivity index (χ4n) is 2.41. The predicted molar refractivity (Wildman–Crippen MR) is 75.6 cm³/mol. The summed E-state index contributed by atoms with van der Waals surface area (Å²) >= 11 is 0. The third kappa shape index (κ3) is 2.11. The van der Waals surface area contributed by atoms with Gasteiger partial charge in [-0.3, -0.25) is 0 Å². The van der Waals surface area contributed by atoms with E-state index in [9.17, 15) is 9.90 Å². The fourth-order valence-corrected chi connectivity index (χ4v) is 2.41. The highest BCUT2D eigenvalue weighted by molar-refractivity contribution is 5.93. The molecule has 0 radical (unpaired) electrons. The van der Waals surface area contributed by atoms with Crippen LogP contribution in [0.4, 0.5) is 0 Å². The van der Waals surface area contributed by atoms with Crippen LogP contribution < -0.4 is 9.47 Å². The quantitative estimate of drug-likeness (QED) is 0.932. The Bertz CT molecular complexity index is 636. The van der Waals surface area contributed by atoms with Gasteiger partial charge in [-0.15, -0.1) is 0 Å². The van der Waals surface area contributed by atoms with Gasteiger partial charge in [0, 0.05) is 13.2 Å². The zero-order valence-corrected chi connectivity index (χ0v) is 11.9. The number of benzene rings is 1. The first kappa shape index (κ1) is 14.0. The second-order valence-electron chi connectivity index (χ2n) is 4.47. The van der Waals surface area contributed by atoms with E-state index in [-0.39, 0.29) is 5.56 Å². The number of methoxy groups -OCH3 is 2. The van der Waals surface area contributed by atoms with Crippen LogP contribution in [0.2, 0.25) is 0 Å². The lowest BCUT2D eigenvalue weighted by Crippen LogP contribution is -1.98. The van der Waals surface area contributed by atoms with Crippen molar-refractivity contribution in [3.8, 4) is 22.8 Å². The molecule has 0 fully saturated rings. The molecule has 0 atom stereocenters. The smallest absolute Gasteiger partial charge is 0.337 e. The van der Waals surface area contributed by atoms with Gasteiger partial charge in [0.2, 0.25) is 0 Å². The summed E-state index contributed by atoms with van der Waals surface area (Å²) in [5.74, 6) is 0.342. The Labute approximate surface area is 117 Å². The Morgan fingerprint density at radius 1 is 1.20 bits per heavy atom. The van der Waals surface area contributed by atoms with Gasteiger partial charge in [-0.25, -0.2) is 4.79 Å². The molecule has 1 N–H and O–H groups in total. The predicted octanol–water partition coefficient (Wildman–Crippen LogP) is 2.72. The molecule has 5 heteroatoms. The Kier molecular flexibility index (Phi) is 3.70. The molecule has 106 valence electrons. The van der Waals surface area contributed by atoms with E-state index in [0.29, 0.717) is 17.1 Å². The van der Waals surface area contributed by atoms with Gasteiger partial charge in [0.15, 0.2) is 0 Å². The number of carboxylic acid groups (broad SMARTS) is 1. The summed E-state index contributed by atoms with van der Waals surface area (Å²) in [7, 11) is 4.96. The first-order valence-electron chi connectivity index (χ1n) is 6.11. The molecule has 5 nitrogen and oxygen atoms in total. The van der Waals surface area contributed by atoms with Crippen molar-refractivity contribution in [1.82, 2.24) is 4.57 Å². The van der Waals surface area contributed by atoms with Gasteiger partial charge in [-0.2, -0.15) is 0 Å². The van der Waals surface area contributed by atoms with Crippen LogP contribution in [0, 0.1) is 6.92 Å². The van der Waals surface area contributed by atoms with Crippen LogP contribution in [0.25, 0.3) is 11.3 Å². The Hall–Kier alpha value is -2.43. The average Bonchev–Trinajstić information content (AvgIpc) is 2.73.